The molecule has 0 bridgehead atoms. The lowest BCUT2D eigenvalue weighted by Crippen LogP contribution is -2.49. The Morgan fingerprint density at radius 1 is 1.29 bits per heavy atom. The maximum Gasteiger partial charge on any atom is 0.223 e. The van der Waals surface area contributed by atoms with E-state index in [0.29, 0.717) is 24.8 Å². The lowest BCUT2D eigenvalue weighted by molar-refractivity contribution is -0.133. The van der Waals surface area contributed by atoms with Crippen LogP contribution in [0.4, 0.5) is 0 Å². The molecule has 134 valence electrons. The molecular formula is C17H29N5O2. The first-order valence-electron chi connectivity index (χ1n) is 9.07. The number of carbonyl (C=O) groups excluding carboxylic acids is 1. The average Bonchev–Trinajstić information content (AvgIpc) is 3.05. The van der Waals surface area contributed by atoms with Crippen LogP contribution in [0, 0.1) is 5.92 Å². The number of amides is 1. The highest BCUT2D eigenvalue weighted by Crippen LogP contribution is 2.25. The average molecular weight is 335 g/mol. The first-order valence-corrected chi connectivity index (χ1v) is 9.07. The van der Waals surface area contributed by atoms with Crippen LogP contribution >= 0.6 is 0 Å². The van der Waals surface area contributed by atoms with E-state index < -0.39 is 0 Å². The molecule has 0 radical (unpaired) electrons. The molecule has 0 saturated carbocycles. The minimum atomic E-state index is 0.246. The van der Waals surface area contributed by atoms with Crippen LogP contribution in [0.15, 0.2) is 6.33 Å². The van der Waals surface area contributed by atoms with Crippen LogP contribution in [0.25, 0.3) is 0 Å². The van der Waals surface area contributed by atoms with E-state index in [1.54, 1.807) is 6.33 Å². The molecule has 0 unspecified atom stereocenters. The third kappa shape index (κ3) is 4.13. The largest absolute Gasteiger partial charge is 0.379 e. The number of aromatic nitrogens is 3. The van der Waals surface area contributed by atoms with Gasteiger partial charge in [0.05, 0.1) is 13.2 Å². The SMILES string of the molecule is C[C@H](C1CCN(C(=O)CCc2nncn2C)CC1)N1CCOCC1. The van der Waals surface area contributed by atoms with Crippen molar-refractivity contribution >= 4 is 5.91 Å². The van der Waals surface area contributed by atoms with Crippen molar-refractivity contribution in [2.45, 2.75) is 38.6 Å². The first-order chi connectivity index (χ1) is 11.6. The molecule has 2 aliphatic rings. The Labute approximate surface area is 144 Å². The van der Waals surface area contributed by atoms with Gasteiger partial charge in [0.2, 0.25) is 5.91 Å². The highest BCUT2D eigenvalue weighted by molar-refractivity contribution is 5.76. The topological polar surface area (TPSA) is 63.5 Å². The fourth-order valence-corrected chi connectivity index (χ4v) is 3.82. The standard InChI is InChI=1S/C17H29N5O2/c1-14(21-9-11-24-12-10-21)15-5-7-22(8-6-15)17(23)4-3-16-19-18-13-20(16)2/h13-15H,3-12H2,1-2H3/t14-/m1/s1. The normalized spacial score (nSPS) is 21.8. The minimum absolute atomic E-state index is 0.246. The molecule has 3 heterocycles. The van der Waals surface area contributed by atoms with Crippen molar-refractivity contribution in [3.05, 3.63) is 12.2 Å². The fourth-order valence-electron chi connectivity index (χ4n) is 3.82. The van der Waals surface area contributed by atoms with Crippen LogP contribution in [0.2, 0.25) is 0 Å². The summed E-state index contributed by atoms with van der Waals surface area (Å²) in [4.78, 5) is 17.0. The van der Waals surface area contributed by atoms with Crippen molar-refractivity contribution in [3.63, 3.8) is 0 Å². The van der Waals surface area contributed by atoms with E-state index >= 15 is 0 Å². The predicted molar refractivity (Wildman–Crippen MR) is 90.5 cm³/mol. The second kappa shape index (κ2) is 8.07. The first kappa shape index (κ1) is 17.4. The van der Waals surface area contributed by atoms with Crippen LogP contribution < -0.4 is 0 Å². The zero-order chi connectivity index (χ0) is 16.9. The molecular weight excluding hydrogens is 306 g/mol. The third-order valence-electron chi connectivity index (χ3n) is 5.56. The molecule has 7 heteroatoms. The van der Waals surface area contributed by atoms with Gasteiger partial charge in [-0.05, 0) is 25.7 Å². The van der Waals surface area contributed by atoms with Crippen molar-refractivity contribution in [2.24, 2.45) is 13.0 Å². The molecule has 2 aliphatic heterocycles. The zero-order valence-corrected chi connectivity index (χ0v) is 14.9. The number of aryl methyl sites for hydroxylation is 2. The van der Waals surface area contributed by atoms with Crippen molar-refractivity contribution < 1.29 is 9.53 Å². The zero-order valence-electron chi connectivity index (χ0n) is 14.9. The molecule has 0 aliphatic carbocycles. The van der Waals surface area contributed by atoms with E-state index in [-0.39, 0.29) is 5.91 Å². The van der Waals surface area contributed by atoms with Gasteiger partial charge in [0, 0.05) is 52.1 Å². The molecule has 2 fully saturated rings. The van der Waals surface area contributed by atoms with E-state index in [4.69, 9.17) is 4.74 Å². The van der Waals surface area contributed by atoms with E-state index in [0.717, 1.165) is 58.1 Å². The Bertz CT molecular complexity index is 533. The number of likely N-dealkylation sites (tertiary alicyclic amines) is 1. The van der Waals surface area contributed by atoms with Crippen molar-refractivity contribution in [1.29, 1.82) is 0 Å². The molecule has 7 nitrogen and oxygen atoms in total. The smallest absolute Gasteiger partial charge is 0.223 e. The van der Waals surface area contributed by atoms with Crippen molar-refractivity contribution in [2.75, 3.05) is 39.4 Å². The molecule has 1 aromatic rings. The van der Waals surface area contributed by atoms with Gasteiger partial charge < -0.3 is 14.2 Å². The monoisotopic (exact) mass is 335 g/mol. The van der Waals surface area contributed by atoms with Gasteiger partial charge in [-0.1, -0.05) is 0 Å². The number of carbonyl (C=O) groups is 1. The molecule has 3 rings (SSSR count). The van der Waals surface area contributed by atoms with Gasteiger partial charge in [-0.2, -0.15) is 0 Å². The summed E-state index contributed by atoms with van der Waals surface area (Å²) in [6, 6.07) is 0.588. The van der Waals surface area contributed by atoms with Crippen molar-refractivity contribution in [1.82, 2.24) is 24.6 Å². The molecule has 0 spiro atoms. The summed E-state index contributed by atoms with van der Waals surface area (Å²) in [5.74, 6) is 1.81. The Hall–Kier alpha value is -1.47. The molecule has 24 heavy (non-hydrogen) atoms. The number of hydrogen-bond acceptors (Lipinski definition) is 5. The van der Waals surface area contributed by atoms with Crippen LogP contribution in [0.5, 0.6) is 0 Å². The van der Waals surface area contributed by atoms with Crippen LogP contribution in [0.1, 0.15) is 32.0 Å². The van der Waals surface area contributed by atoms with Gasteiger partial charge in [-0.15, -0.1) is 10.2 Å². The lowest BCUT2D eigenvalue weighted by atomic mass is 9.89. The van der Waals surface area contributed by atoms with Crippen molar-refractivity contribution in [3.8, 4) is 0 Å². The highest BCUT2D eigenvalue weighted by Gasteiger charge is 2.29. The van der Waals surface area contributed by atoms with Crippen LogP contribution in [-0.4, -0.2) is 75.9 Å². The van der Waals surface area contributed by atoms with Crippen LogP contribution in [-0.2, 0) is 23.0 Å². The fraction of sp³-hybridized carbons (Fsp3) is 0.824. The Morgan fingerprint density at radius 3 is 2.62 bits per heavy atom. The molecule has 2 saturated heterocycles. The Balaban J connectivity index is 1.42. The predicted octanol–water partition coefficient (Wildman–Crippen LogP) is 0.707. The summed E-state index contributed by atoms with van der Waals surface area (Å²) in [6.45, 7) is 7.89. The van der Waals surface area contributed by atoms with E-state index in [1.165, 1.54) is 0 Å². The van der Waals surface area contributed by atoms with Gasteiger partial charge in [0.15, 0.2) is 0 Å². The van der Waals surface area contributed by atoms with Gasteiger partial charge in [0.25, 0.3) is 0 Å². The summed E-state index contributed by atoms with van der Waals surface area (Å²) >= 11 is 0. The highest BCUT2D eigenvalue weighted by atomic mass is 16.5. The van der Waals surface area contributed by atoms with E-state index in [2.05, 4.69) is 22.0 Å². The summed E-state index contributed by atoms with van der Waals surface area (Å²) < 4.78 is 7.32. The number of piperidine rings is 1. The molecule has 1 aromatic heterocycles. The second-order valence-corrected chi connectivity index (χ2v) is 6.97. The lowest BCUT2D eigenvalue weighted by Gasteiger charge is -2.41. The molecule has 0 aromatic carbocycles. The minimum Gasteiger partial charge on any atom is -0.379 e. The van der Waals surface area contributed by atoms with Gasteiger partial charge in [-0.3, -0.25) is 9.69 Å². The number of hydrogen-bond donors (Lipinski definition) is 0. The Morgan fingerprint density at radius 2 is 2.00 bits per heavy atom. The Kier molecular flexibility index (Phi) is 5.84. The van der Waals surface area contributed by atoms with Crippen LogP contribution in [0.3, 0.4) is 0 Å². The quantitative estimate of drug-likeness (QED) is 0.793. The van der Waals surface area contributed by atoms with Gasteiger partial charge in [0.1, 0.15) is 12.2 Å². The van der Waals surface area contributed by atoms with Gasteiger partial charge in [-0.25, -0.2) is 0 Å². The number of ether oxygens (including phenoxy) is 1. The number of morpholine rings is 1. The molecule has 0 N–H and O–H groups in total. The van der Waals surface area contributed by atoms with E-state index in [9.17, 15) is 4.79 Å². The summed E-state index contributed by atoms with van der Waals surface area (Å²) in [5, 5.41) is 7.91. The summed E-state index contributed by atoms with van der Waals surface area (Å²) in [6.07, 6.45) is 5.08. The van der Waals surface area contributed by atoms with E-state index in [1.807, 2.05) is 16.5 Å². The summed E-state index contributed by atoms with van der Waals surface area (Å²) in [7, 11) is 1.92. The molecule has 1 atom stereocenters. The maximum atomic E-state index is 12.4. The second-order valence-electron chi connectivity index (χ2n) is 6.97. The third-order valence-corrected chi connectivity index (χ3v) is 5.56. The maximum absolute atomic E-state index is 12.4. The number of rotatable bonds is 5. The number of nitrogens with zero attached hydrogens (tertiary/aromatic N) is 5. The molecule has 1 amide bonds. The van der Waals surface area contributed by atoms with Gasteiger partial charge >= 0.3 is 0 Å². The summed E-state index contributed by atoms with van der Waals surface area (Å²) in [5.41, 5.74) is 0.